The van der Waals surface area contributed by atoms with Crippen LogP contribution in [0.25, 0.3) is 16.5 Å². The number of rotatable bonds is 3. The van der Waals surface area contributed by atoms with Crippen molar-refractivity contribution in [1.29, 1.82) is 0 Å². The first kappa shape index (κ1) is 13.1. The van der Waals surface area contributed by atoms with Gasteiger partial charge in [-0.2, -0.15) is 0 Å². The number of allylic oxidation sites excluding steroid dienone is 1. The van der Waals surface area contributed by atoms with Crippen LogP contribution < -0.4 is 4.74 Å². The molecular formula is C15H14O4. The van der Waals surface area contributed by atoms with E-state index >= 15 is 0 Å². The second-order valence-electron chi connectivity index (χ2n) is 4.43. The SMILES string of the molecule is C=C(C)c1cc2cc(C(C)=O)c(OC(C)=O)cc2o1. The molecule has 4 heteroatoms. The monoisotopic (exact) mass is 258 g/mol. The molecule has 0 spiro atoms. The number of esters is 1. The molecule has 2 aromatic rings. The summed E-state index contributed by atoms with van der Waals surface area (Å²) in [6, 6.07) is 5.02. The maximum absolute atomic E-state index is 11.6. The van der Waals surface area contributed by atoms with Crippen LogP contribution in [0.5, 0.6) is 5.75 Å². The molecule has 98 valence electrons. The second-order valence-corrected chi connectivity index (χ2v) is 4.43. The number of ketones is 1. The molecule has 0 saturated heterocycles. The number of carbonyl (C=O) groups is 2. The number of fused-ring (bicyclic) bond motifs is 1. The number of carbonyl (C=O) groups excluding carboxylic acids is 2. The van der Waals surface area contributed by atoms with Gasteiger partial charge in [-0.25, -0.2) is 0 Å². The van der Waals surface area contributed by atoms with Crippen molar-refractivity contribution >= 4 is 28.3 Å². The van der Waals surface area contributed by atoms with Gasteiger partial charge in [0.2, 0.25) is 0 Å². The van der Waals surface area contributed by atoms with Gasteiger partial charge in [-0.05, 0) is 31.6 Å². The van der Waals surface area contributed by atoms with E-state index in [1.165, 1.54) is 13.8 Å². The van der Waals surface area contributed by atoms with Gasteiger partial charge in [0, 0.05) is 18.4 Å². The first-order valence-electron chi connectivity index (χ1n) is 5.81. The van der Waals surface area contributed by atoms with E-state index in [0.717, 1.165) is 11.0 Å². The highest BCUT2D eigenvalue weighted by atomic mass is 16.5. The van der Waals surface area contributed by atoms with Crippen LogP contribution in [0.3, 0.4) is 0 Å². The second kappa shape index (κ2) is 4.72. The molecule has 0 aliphatic rings. The molecule has 0 radical (unpaired) electrons. The Hall–Kier alpha value is -2.36. The van der Waals surface area contributed by atoms with E-state index in [1.54, 1.807) is 12.1 Å². The lowest BCUT2D eigenvalue weighted by molar-refractivity contribution is -0.131. The van der Waals surface area contributed by atoms with E-state index in [1.807, 2.05) is 13.0 Å². The van der Waals surface area contributed by atoms with Crippen LogP contribution >= 0.6 is 0 Å². The molecule has 0 fully saturated rings. The molecule has 0 bridgehead atoms. The lowest BCUT2D eigenvalue weighted by Crippen LogP contribution is -2.05. The Morgan fingerprint density at radius 3 is 2.37 bits per heavy atom. The van der Waals surface area contributed by atoms with E-state index in [4.69, 9.17) is 9.15 Å². The topological polar surface area (TPSA) is 56.5 Å². The van der Waals surface area contributed by atoms with Gasteiger partial charge < -0.3 is 9.15 Å². The van der Waals surface area contributed by atoms with E-state index in [9.17, 15) is 9.59 Å². The van der Waals surface area contributed by atoms with Crippen LogP contribution in [-0.2, 0) is 4.79 Å². The zero-order valence-corrected chi connectivity index (χ0v) is 11.1. The minimum Gasteiger partial charge on any atom is -0.456 e. The smallest absolute Gasteiger partial charge is 0.308 e. The quantitative estimate of drug-likeness (QED) is 0.479. The summed E-state index contributed by atoms with van der Waals surface area (Å²) in [5.41, 5.74) is 1.70. The first-order chi connectivity index (χ1) is 8.88. The predicted molar refractivity (Wildman–Crippen MR) is 72.2 cm³/mol. The summed E-state index contributed by atoms with van der Waals surface area (Å²) in [6.45, 7) is 8.34. The number of Topliss-reactive ketones (excluding diaryl/α,β-unsaturated/α-hetero) is 1. The van der Waals surface area contributed by atoms with Crippen molar-refractivity contribution < 1.29 is 18.7 Å². The van der Waals surface area contributed by atoms with E-state index in [-0.39, 0.29) is 11.5 Å². The van der Waals surface area contributed by atoms with Crippen LogP contribution in [0.1, 0.15) is 36.9 Å². The molecule has 0 unspecified atom stereocenters. The van der Waals surface area contributed by atoms with Crippen molar-refractivity contribution in [2.24, 2.45) is 0 Å². The summed E-state index contributed by atoms with van der Waals surface area (Å²) >= 11 is 0. The van der Waals surface area contributed by atoms with Gasteiger partial charge in [-0.3, -0.25) is 9.59 Å². The minimum atomic E-state index is -0.478. The van der Waals surface area contributed by atoms with Crippen molar-refractivity contribution in [2.75, 3.05) is 0 Å². The standard InChI is InChI=1S/C15H14O4/c1-8(2)13-6-11-5-12(9(3)16)15(18-10(4)17)7-14(11)19-13/h5-7H,1H2,2-4H3. The van der Waals surface area contributed by atoms with Gasteiger partial charge >= 0.3 is 5.97 Å². The third-order valence-corrected chi connectivity index (χ3v) is 2.67. The lowest BCUT2D eigenvalue weighted by Gasteiger charge is -2.06. The zero-order chi connectivity index (χ0) is 14.2. The van der Waals surface area contributed by atoms with Crippen molar-refractivity contribution in [3.05, 3.63) is 36.1 Å². The molecule has 1 aromatic carbocycles. The Balaban J connectivity index is 2.65. The van der Waals surface area contributed by atoms with Gasteiger partial charge in [0.05, 0.1) is 5.56 Å². The molecule has 0 atom stereocenters. The summed E-state index contributed by atoms with van der Waals surface area (Å²) in [6.07, 6.45) is 0. The Kier molecular flexibility index (Phi) is 3.25. The summed E-state index contributed by atoms with van der Waals surface area (Å²) in [7, 11) is 0. The minimum absolute atomic E-state index is 0.170. The van der Waals surface area contributed by atoms with Gasteiger partial charge in [-0.1, -0.05) is 6.58 Å². The van der Waals surface area contributed by atoms with Crippen molar-refractivity contribution in [3.8, 4) is 5.75 Å². The molecule has 0 amide bonds. The molecule has 2 rings (SSSR count). The van der Waals surface area contributed by atoms with E-state index in [2.05, 4.69) is 6.58 Å². The van der Waals surface area contributed by atoms with E-state index < -0.39 is 5.97 Å². The summed E-state index contributed by atoms with van der Waals surface area (Å²) < 4.78 is 10.6. The number of hydrogen-bond donors (Lipinski definition) is 0. The average Bonchev–Trinajstić information content (AvgIpc) is 2.69. The summed E-state index contributed by atoms with van der Waals surface area (Å²) in [4.78, 5) is 22.7. The van der Waals surface area contributed by atoms with Crippen molar-refractivity contribution in [1.82, 2.24) is 0 Å². The molecule has 4 nitrogen and oxygen atoms in total. The Morgan fingerprint density at radius 2 is 1.84 bits per heavy atom. The fraction of sp³-hybridized carbons (Fsp3) is 0.200. The maximum atomic E-state index is 11.6. The fourth-order valence-electron chi connectivity index (χ4n) is 1.79. The molecule has 0 N–H and O–H groups in total. The Labute approximate surface area is 110 Å². The largest absolute Gasteiger partial charge is 0.456 e. The van der Waals surface area contributed by atoms with Crippen LogP contribution in [0, 0.1) is 0 Å². The van der Waals surface area contributed by atoms with E-state index in [0.29, 0.717) is 16.9 Å². The lowest BCUT2D eigenvalue weighted by atomic mass is 10.1. The zero-order valence-electron chi connectivity index (χ0n) is 11.1. The highest BCUT2D eigenvalue weighted by molar-refractivity contribution is 6.01. The molecule has 19 heavy (non-hydrogen) atoms. The number of ether oxygens (including phenoxy) is 1. The maximum Gasteiger partial charge on any atom is 0.308 e. The molecule has 1 aromatic heterocycles. The molecule has 0 saturated carbocycles. The molecular weight excluding hydrogens is 244 g/mol. The average molecular weight is 258 g/mol. The fourth-order valence-corrected chi connectivity index (χ4v) is 1.79. The van der Waals surface area contributed by atoms with Crippen LogP contribution in [0.15, 0.2) is 29.2 Å². The third kappa shape index (κ3) is 2.57. The van der Waals surface area contributed by atoms with Gasteiger partial charge in [0.1, 0.15) is 17.1 Å². The van der Waals surface area contributed by atoms with Gasteiger partial charge in [0.25, 0.3) is 0 Å². The highest BCUT2D eigenvalue weighted by Crippen LogP contribution is 2.30. The molecule has 1 heterocycles. The van der Waals surface area contributed by atoms with Crippen LogP contribution in [0.4, 0.5) is 0 Å². The molecule has 0 aliphatic heterocycles. The van der Waals surface area contributed by atoms with Crippen LogP contribution in [-0.4, -0.2) is 11.8 Å². The Bertz CT molecular complexity index is 691. The normalized spacial score (nSPS) is 10.5. The summed E-state index contributed by atoms with van der Waals surface area (Å²) in [5, 5.41) is 0.777. The third-order valence-electron chi connectivity index (χ3n) is 2.67. The highest BCUT2D eigenvalue weighted by Gasteiger charge is 2.15. The predicted octanol–water partition coefficient (Wildman–Crippen LogP) is 3.59. The van der Waals surface area contributed by atoms with Gasteiger partial charge in [-0.15, -0.1) is 0 Å². The first-order valence-corrected chi connectivity index (χ1v) is 5.81. The summed E-state index contributed by atoms with van der Waals surface area (Å²) in [5.74, 6) is 0.212. The Morgan fingerprint density at radius 1 is 1.16 bits per heavy atom. The van der Waals surface area contributed by atoms with Gasteiger partial charge in [0.15, 0.2) is 5.78 Å². The van der Waals surface area contributed by atoms with Crippen molar-refractivity contribution in [2.45, 2.75) is 20.8 Å². The number of hydrogen-bond acceptors (Lipinski definition) is 4. The molecule has 0 aliphatic carbocycles. The van der Waals surface area contributed by atoms with Crippen molar-refractivity contribution in [3.63, 3.8) is 0 Å². The van der Waals surface area contributed by atoms with Crippen LogP contribution in [0.2, 0.25) is 0 Å². The number of benzene rings is 1. The number of furan rings is 1.